The Kier molecular flexibility index (Phi) is 5.91. The van der Waals surface area contributed by atoms with Gasteiger partial charge in [-0.25, -0.2) is 14.3 Å². The largest absolute Gasteiger partial charge is 0.496 e. The van der Waals surface area contributed by atoms with Crippen molar-refractivity contribution in [2.75, 3.05) is 32.6 Å². The average Bonchev–Trinajstić information content (AvgIpc) is 3.12. The molecular weight excluding hydrogens is 370 g/mol. The van der Waals surface area contributed by atoms with Crippen LogP contribution in [-0.2, 0) is 4.74 Å². The molecule has 0 saturated carbocycles. The fourth-order valence-electron chi connectivity index (χ4n) is 2.70. The first-order valence-corrected chi connectivity index (χ1v) is 9.44. The van der Waals surface area contributed by atoms with Gasteiger partial charge in [0.25, 0.3) is 0 Å². The van der Waals surface area contributed by atoms with Gasteiger partial charge in [0.05, 0.1) is 25.5 Å². The molecule has 8 heteroatoms. The number of methoxy groups -OCH3 is 1. The number of carbonyl (C=O) groups excluding carboxylic acids is 1. The van der Waals surface area contributed by atoms with Crippen molar-refractivity contribution in [3.05, 3.63) is 42.6 Å². The van der Waals surface area contributed by atoms with Crippen LogP contribution in [0.25, 0.3) is 16.9 Å². The van der Waals surface area contributed by atoms with Crippen LogP contribution in [0, 0.1) is 0 Å². The Morgan fingerprint density at radius 2 is 1.97 bits per heavy atom. The standard InChI is InChI=1S/C21H27N5O3/c1-21(2,3)25(4)20(27)29-13-12-22-18-10-11-19-23-14-16(26(19)24-18)15-8-6-7-9-17(15)28-5/h6-11,14H,12-13H2,1-5H3,(H,22,24). The van der Waals surface area contributed by atoms with Crippen LogP contribution in [-0.4, -0.2) is 58.4 Å². The molecule has 29 heavy (non-hydrogen) atoms. The third kappa shape index (κ3) is 4.59. The van der Waals surface area contributed by atoms with E-state index in [-0.39, 0.29) is 18.2 Å². The van der Waals surface area contributed by atoms with Gasteiger partial charge in [-0.2, -0.15) is 0 Å². The highest BCUT2D eigenvalue weighted by Crippen LogP contribution is 2.29. The Morgan fingerprint density at radius 3 is 2.69 bits per heavy atom. The van der Waals surface area contributed by atoms with Gasteiger partial charge in [-0.3, -0.25) is 0 Å². The molecule has 8 nitrogen and oxygen atoms in total. The first-order valence-electron chi connectivity index (χ1n) is 9.44. The van der Waals surface area contributed by atoms with Crippen LogP contribution in [0.4, 0.5) is 10.6 Å². The number of benzene rings is 1. The number of para-hydroxylation sites is 1. The summed E-state index contributed by atoms with van der Waals surface area (Å²) in [4.78, 5) is 18.0. The molecule has 0 spiro atoms. The summed E-state index contributed by atoms with van der Waals surface area (Å²) in [6.07, 6.45) is 1.42. The summed E-state index contributed by atoms with van der Waals surface area (Å²) >= 11 is 0. The second-order valence-corrected chi connectivity index (χ2v) is 7.60. The molecule has 0 saturated heterocycles. The lowest BCUT2D eigenvalue weighted by atomic mass is 10.1. The first-order chi connectivity index (χ1) is 13.8. The van der Waals surface area contributed by atoms with Gasteiger partial charge in [-0.05, 0) is 45.0 Å². The van der Waals surface area contributed by atoms with E-state index < -0.39 is 0 Å². The number of amides is 1. The Hall–Kier alpha value is -3.29. The van der Waals surface area contributed by atoms with E-state index in [0.717, 1.165) is 22.7 Å². The highest BCUT2D eigenvalue weighted by Gasteiger charge is 2.23. The van der Waals surface area contributed by atoms with Crippen molar-refractivity contribution in [3.63, 3.8) is 0 Å². The molecule has 0 bridgehead atoms. The quantitative estimate of drug-likeness (QED) is 0.639. The maximum absolute atomic E-state index is 12.0. The van der Waals surface area contributed by atoms with E-state index in [1.54, 1.807) is 29.8 Å². The van der Waals surface area contributed by atoms with E-state index in [4.69, 9.17) is 9.47 Å². The topological polar surface area (TPSA) is 81.0 Å². The van der Waals surface area contributed by atoms with E-state index >= 15 is 0 Å². The second-order valence-electron chi connectivity index (χ2n) is 7.60. The van der Waals surface area contributed by atoms with E-state index in [1.807, 2.05) is 57.2 Å². The number of aromatic nitrogens is 3. The first kappa shape index (κ1) is 20.4. The molecule has 2 heterocycles. The number of anilines is 1. The van der Waals surface area contributed by atoms with Crippen molar-refractivity contribution < 1.29 is 14.3 Å². The Morgan fingerprint density at radius 1 is 1.21 bits per heavy atom. The molecule has 0 unspecified atom stereocenters. The van der Waals surface area contributed by atoms with Crippen molar-refractivity contribution in [2.45, 2.75) is 26.3 Å². The summed E-state index contributed by atoms with van der Waals surface area (Å²) < 4.78 is 12.5. The molecule has 0 aliphatic rings. The minimum atomic E-state index is -0.351. The highest BCUT2D eigenvalue weighted by molar-refractivity contribution is 5.70. The number of nitrogens with zero attached hydrogens (tertiary/aromatic N) is 4. The minimum absolute atomic E-state index is 0.238. The Balaban J connectivity index is 1.68. The zero-order chi connectivity index (χ0) is 21.0. The van der Waals surface area contributed by atoms with E-state index in [9.17, 15) is 4.79 Å². The second kappa shape index (κ2) is 8.38. The fourth-order valence-corrected chi connectivity index (χ4v) is 2.70. The smallest absolute Gasteiger partial charge is 0.409 e. The predicted molar refractivity (Wildman–Crippen MR) is 112 cm³/mol. The zero-order valence-electron chi connectivity index (χ0n) is 17.5. The molecule has 0 aliphatic carbocycles. The van der Waals surface area contributed by atoms with E-state index in [0.29, 0.717) is 12.4 Å². The summed E-state index contributed by atoms with van der Waals surface area (Å²) in [5, 5.41) is 7.79. The maximum Gasteiger partial charge on any atom is 0.409 e. The van der Waals surface area contributed by atoms with Crippen molar-refractivity contribution >= 4 is 17.6 Å². The average molecular weight is 397 g/mol. The van der Waals surface area contributed by atoms with Crippen LogP contribution < -0.4 is 10.1 Å². The summed E-state index contributed by atoms with van der Waals surface area (Å²) in [5.74, 6) is 1.41. The van der Waals surface area contributed by atoms with Crippen LogP contribution in [0.2, 0.25) is 0 Å². The molecule has 154 valence electrons. The molecule has 0 fully saturated rings. The molecular formula is C21H27N5O3. The molecule has 1 N–H and O–H groups in total. The van der Waals surface area contributed by atoms with Crippen molar-refractivity contribution in [1.29, 1.82) is 0 Å². The number of hydrogen-bond donors (Lipinski definition) is 1. The predicted octanol–water partition coefficient (Wildman–Crippen LogP) is 3.68. The van der Waals surface area contributed by atoms with E-state index in [1.165, 1.54) is 0 Å². The highest BCUT2D eigenvalue weighted by atomic mass is 16.6. The summed E-state index contributed by atoms with van der Waals surface area (Å²) in [5.41, 5.74) is 2.19. The number of fused-ring (bicyclic) bond motifs is 1. The third-order valence-corrected chi connectivity index (χ3v) is 4.66. The summed E-state index contributed by atoms with van der Waals surface area (Å²) in [7, 11) is 3.37. The van der Waals surface area contributed by atoms with Crippen LogP contribution in [0.15, 0.2) is 42.6 Å². The van der Waals surface area contributed by atoms with Crippen molar-refractivity contribution in [3.8, 4) is 17.0 Å². The van der Waals surface area contributed by atoms with Gasteiger partial charge >= 0.3 is 6.09 Å². The fraction of sp³-hybridized carbons (Fsp3) is 0.381. The number of imidazole rings is 1. The molecule has 0 atom stereocenters. The normalized spacial score (nSPS) is 11.3. The van der Waals surface area contributed by atoms with Crippen LogP contribution >= 0.6 is 0 Å². The Bertz CT molecular complexity index is 993. The minimum Gasteiger partial charge on any atom is -0.496 e. The molecule has 3 rings (SSSR count). The van der Waals surface area contributed by atoms with Crippen LogP contribution in [0.1, 0.15) is 20.8 Å². The number of nitrogens with one attached hydrogen (secondary N) is 1. The molecule has 2 aromatic heterocycles. The lowest BCUT2D eigenvalue weighted by molar-refractivity contribution is 0.0842. The van der Waals surface area contributed by atoms with Gasteiger partial charge in [-0.1, -0.05) is 12.1 Å². The van der Waals surface area contributed by atoms with Gasteiger partial charge in [-0.15, -0.1) is 5.10 Å². The van der Waals surface area contributed by atoms with Crippen molar-refractivity contribution in [2.24, 2.45) is 0 Å². The number of ether oxygens (including phenoxy) is 2. The molecule has 0 aliphatic heterocycles. The van der Waals surface area contributed by atoms with Crippen molar-refractivity contribution in [1.82, 2.24) is 19.5 Å². The van der Waals surface area contributed by atoms with Crippen LogP contribution in [0.3, 0.4) is 0 Å². The SMILES string of the molecule is COc1ccccc1-c1cnc2ccc(NCCOC(=O)N(C)C(C)(C)C)nn12. The van der Waals surface area contributed by atoms with E-state index in [2.05, 4.69) is 15.4 Å². The van der Waals surface area contributed by atoms with Gasteiger partial charge in [0.2, 0.25) is 0 Å². The number of carbonyl (C=O) groups is 1. The van der Waals surface area contributed by atoms with Crippen LogP contribution in [0.5, 0.6) is 5.75 Å². The Labute approximate surface area is 170 Å². The molecule has 1 amide bonds. The van der Waals surface area contributed by atoms with Gasteiger partial charge in [0.1, 0.15) is 18.2 Å². The molecule has 3 aromatic rings. The van der Waals surface area contributed by atoms with Gasteiger partial charge in [0.15, 0.2) is 5.65 Å². The summed E-state index contributed by atoms with van der Waals surface area (Å²) in [6, 6.07) is 11.5. The number of rotatable bonds is 6. The van der Waals surface area contributed by atoms with Gasteiger partial charge < -0.3 is 19.7 Å². The lowest BCUT2D eigenvalue weighted by Gasteiger charge is -2.30. The monoisotopic (exact) mass is 397 g/mol. The molecule has 1 aromatic carbocycles. The third-order valence-electron chi connectivity index (χ3n) is 4.66. The molecule has 0 radical (unpaired) electrons. The van der Waals surface area contributed by atoms with Gasteiger partial charge in [0, 0.05) is 18.2 Å². The maximum atomic E-state index is 12.0. The zero-order valence-corrected chi connectivity index (χ0v) is 17.5. The summed E-state index contributed by atoms with van der Waals surface area (Å²) in [6.45, 7) is 6.55. The lowest BCUT2D eigenvalue weighted by Crippen LogP contribution is -2.43. The number of hydrogen-bond acceptors (Lipinski definition) is 6.